The summed E-state index contributed by atoms with van der Waals surface area (Å²) in [6.45, 7) is 8.55. The van der Waals surface area contributed by atoms with Gasteiger partial charge in [-0.2, -0.15) is 0 Å². The molecule has 1 aliphatic heterocycles. The second-order valence-electron chi connectivity index (χ2n) is 9.09. The van der Waals surface area contributed by atoms with Gasteiger partial charge in [-0.05, 0) is 68.7 Å². The zero-order valence-corrected chi connectivity index (χ0v) is 23.7. The van der Waals surface area contributed by atoms with Crippen molar-refractivity contribution in [1.29, 1.82) is 0 Å². The number of ether oxygens (including phenoxy) is 3. The van der Waals surface area contributed by atoms with E-state index in [1.54, 1.807) is 62.4 Å². The molecular weight excluding hydrogens is 532 g/mol. The standard InChI is InChI=1S/C30H32N2O7S/c1-5-15-38-21-13-11-19(12-14-21)25(33)23-24(20-9-8-10-22(17-20)39-16-6-2)32(28(35)26(23)34)30-31-18(4)27(40-30)29(36)37-7-3/h8-14,17,24,33H,5-7,15-16H2,1-4H3. The molecule has 4 rings (SSSR count). The van der Waals surface area contributed by atoms with Gasteiger partial charge in [-0.25, -0.2) is 9.78 Å². The third-order valence-electron chi connectivity index (χ3n) is 6.14. The fraction of sp³-hybridized carbons (Fsp3) is 0.333. The molecule has 2 aromatic carbocycles. The number of aliphatic hydroxyl groups excluding tert-OH is 1. The van der Waals surface area contributed by atoms with Gasteiger partial charge in [-0.1, -0.05) is 37.3 Å². The van der Waals surface area contributed by atoms with E-state index in [0.717, 1.165) is 24.2 Å². The molecule has 1 atom stereocenters. The number of hydrogen-bond donors (Lipinski definition) is 1. The molecule has 1 N–H and O–H groups in total. The molecule has 10 heteroatoms. The molecule has 210 valence electrons. The van der Waals surface area contributed by atoms with Crippen molar-refractivity contribution in [3.8, 4) is 11.5 Å². The Morgan fingerprint density at radius 1 is 1.00 bits per heavy atom. The lowest BCUT2D eigenvalue weighted by Crippen LogP contribution is -2.29. The van der Waals surface area contributed by atoms with Crippen molar-refractivity contribution in [2.24, 2.45) is 0 Å². The number of nitrogens with zero attached hydrogens (tertiary/aromatic N) is 2. The number of aromatic nitrogens is 1. The molecule has 0 spiro atoms. The highest BCUT2D eigenvalue weighted by atomic mass is 32.1. The van der Waals surface area contributed by atoms with E-state index in [-0.39, 0.29) is 27.9 Å². The van der Waals surface area contributed by atoms with Gasteiger partial charge in [0.05, 0.1) is 37.1 Å². The predicted molar refractivity (Wildman–Crippen MR) is 152 cm³/mol. The molecule has 0 aliphatic carbocycles. The highest BCUT2D eigenvalue weighted by Gasteiger charge is 2.48. The van der Waals surface area contributed by atoms with Crippen LogP contribution in [0.1, 0.15) is 66.1 Å². The van der Waals surface area contributed by atoms with E-state index in [2.05, 4.69) is 4.98 Å². The lowest BCUT2D eigenvalue weighted by molar-refractivity contribution is -0.132. The lowest BCUT2D eigenvalue weighted by atomic mass is 9.95. The molecule has 0 bridgehead atoms. The summed E-state index contributed by atoms with van der Waals surface area (Å²) in [4.78, 5) is 45.4. The van der Waals surface area contributed by atoms with Crippen LogP contribution in [0, 0.1) is 6.92 Å². The maximum Gasteiger partial charge on any atom is 0.350 e. The van der Waals surface area contributed by atoms with Gasteiger partial charge < -0.3 is 19.3 Å². The first kappa shape index (κ1) is 28.8. The van der Waals surface area contributed by atoms with Crippen molar-refractivity contribution >= 4 is 39.9 Å². The average Bonchev–Trinajstić information content (AvgIpc) is 3.47. The molecule has 40 heavy (non-hydrogen) atoms. The minimum Gasteiger partial charge on any atom is -0.507 e. The van der Waals surface area contributed by atoms with E-state index in [1.807, 2.05) is 13.8 Å². The van der Waals surface area contributed by atoms with Gasteiger partial charge >= 0.3 is 11.9 Å². The zero-order valence-electron chi connectivity index (χ0n) is 22.9. The summed E-state index contributed by atoms with van der Waals surface area (Å²) in [5.41, 5.74) is 1.18. The van der Waals surface area contributed by atoms with E-state index in [4.69, 9.17) is 14.2 Å². The highest BCUT2D eigenvalue weighted by Crippen LogP contribution is 2.44. The number of hydrogen-bond acceptors (Lipinski definition) is 9. The Labute approximate surface area is 237 Å². The predicted octanol–water partition coefficient (Wildman–Crippen LogP) is 5.83. The number of thiazole rings is 1. The lowest BCUT2D eigenvalue weighted by Gasteiger charge is -2.23. The number of ketones is 1. The van der Waals surface area contributed by atoms with Gasteiger partial charge in [-0.3, -0.25) is 14.5 Å². The summed E-state index contributed by atoms with van der Waals surface area (Å²) >= 11 is 0.961. The number of rotatable bonds is 11. The molecule has 3 aromatic rings. The van der Waals surface area contributed by atoms with Gasteiger partial charge in [0, 0.05) is 5.56 Å². The van der Waals surface area contributed by atoms with Gasteiger partial charge in [0.1, 0.15) is 22.1 Å². The summed E-state index contributed by atoms with van der Waals surface area (Å²) in [5.74, 6) is -1.42. The largest absolute Gasteiger partial charge is 0.507 e. The van der Waals surface area contributed by atoms with Gasteiger partial charge in [0.2, 0.25) is 0 Å². The Bertz CT molecular complexity index is 1430. The van der Waals surface area contributed by atoms with Crippen LogP contribution >= 0.6 is 11.3 Å². The van der Waals surface area contributed by atoms with Crippen LogP contribution in [0.4, 0.5) is 5.13 Å². The Kier molecular flexibility index (Phi) is 9.21. The van der Waals surface area contributed by atoms with E-state index in [0.29, 0.717) is 41.5 Å². The van der Waals surface area contributed by atoms with E-state index in [9.17, 15) is 19.5 Å². The molecule has 0 radical (unpaired) electrons. The molecule has 9 nitrogen and oxygen atoms in total. The maximum absolute atomic E-state index is 13.5. The first-order valence-electron chi connectivity index (χ1n) is 13.2. The molecule has 1 aliphatic rings. The molecule has 1 aromatic heterocycles. The molecular formula is C30H32N2O7S. The number of aliphatic hydroxyl groups is 1. The summed E-state index contributed by atoms with van der Waals surface area (Å²) in [5, 5.41) is 11.6. The first-order valence-corrected chi connectivity index (χ1v) is 14.0. The quantitative estimate of drug-likeness (QED) is 0.134. The second-order valence-corrected chi connectivity index (χ2v) is 10.1. The SMILES string of the molecule is CCCOc1ccc(C(O)=C2C(=O)C(=O)N(c3nc(C)c(C(=O)OCC)s3)C2c2cccc(OCCC)c2)cc1. The van der Waals surface area contributed by atoms with Crippen LogP contribution in [-0.4, -0.2) is 47.6 Å². The van der Waals surface area contributed by atoms with Crippen molar-refractivity contribution < 1.29 is 33.7 Å². The topological polar surface area (TPSA) is 115 Å². The summed E-state index contributed by atoms with van der Waals surface area (Å²) < 4.78 is 16.6. The number of carbonyl (C=O) groups excluding carboxylic acids is 3. The number of anilines is 1. The van der Waals surface area contributed by atoms with Crippen molar-refractivity contribution in [2.45, 2.75) is 46.6 Å². The number of benzene rings is 2. The fourth-order valence-corrected chi connectivity index (χ4v) is 5.28. The van der Waals surface area contributed by atoms with Crippen LogP contribution in [0.5, 0.6) is 11.5 Å². The summed E-state index contributed by atoms with van der Waals surface area (Å²) in [6, 6.07) is 12.7. The maximum atomic E-state index is 13.5. The van der Waals surface area contributed by atoms with Crippen LogP contribution in [0.15, 0.2) is 54.1 Å². The third-order valence-corrected chi connectivity index (χ3v) is 7.28. The van der Waals surface area contributed by atoms with E-state index >= 15 is 0 Å². The normalized spacial score (nSPS) is 16.3. The van der Waals surface area contributed by atoms with Crippen molar-refractivity contribution in [1.82, 2.24) is 4.98 Å². The molecule has 1 amide bonds. The molecule has 1 unspecified atom stereocenters. The van der Waals surface area contributed by atoms with Crippen LogP contribution in [-0.2, 0) is 14.3 Å². The summed E-state index contributed by atoms with van der Waals surface area (Å²) in [7, 11) is 0. The Morgan fingerprint density at radius 2 is 1.68 bits per heavy atom. The molecule has 1 saturated heterocycles. The van der Waals surface area contributed by atoms with Gasteiger partial charge in [0.15, 0.2) is 5.13 Å². The van der Waals surface area contributed by atoms with E-state index in [1.165, 1.54) is 4.90 Å². The Morgan fingerprint density at radius 3 is 2.33 bits per heavy atom. The van der Waals surface area contributed by atoms with Gasteiger partial charge in [0.25, 0.3) is 5.78 Å². The molecule has 2 heterocycles. The highest BCUT2D eigenvalue weighted by molar-refractivity contribution is 7.17. The third kappa shape index (κ3) is 5.86. The molecule has 0 saturated carbocycles. The molecule has 1 fully saturated rings. The van der Waals surface area contributed by atoms with Gasteiger partial charge in [-0.15, -0.1) is 0 Å². The average molecular weight is 565 g/mol. The Hall–Kier alpha value is -4.18. The van der Waals surface area contributed by atoms with Crippen LogP contribution in [0.2, 0.25) is 0 Å². The number of carbonyl (C=O) groups is 3. The second kappa shape index (κ2) is 12.8. The van der Waals surface area contributed by atoms with Crippen molar-refractivity contribution in [3.63, 3.8) is 0 Å². The minimum absolute atomic E-state index is 0.0922. The minimum atomic E-state index is -1.01. The van der Waals surface area contributed by atoms with E-state index < -0.39 is 23.7 Å². The number of amides is 1. The van der Waals surface area contributed by atoms with Crippen LogP contribution < -0.4 is 14.4 Å². The van der Waals surface area contributed by atoms with Crippen LogP contribution in [0.25, 0.3) is 5.76 Å². The fourth-order valence-electron chi connectivity index (χ4n) is 4.30. The van der Waals surface area contributed by atoms with Crippen molar-refractivity contribution in [2.75, 3.05) is 24.7 Å². The monoisotopic (exact) mass is 564 g/mol. The van der Waals surface area contributed by atoms with Crippen LogP contribution in [0.3, 0.4) is 0 Å². The number of aryl methyl sites for hydroxylation is 1. The summed E-state index contributed by atoms with van der Waals surface area (Å²) in [6.07, 6.45) is 1.65. The zero-order chi connectivity index (χ0) is 28.8. The Balaban J connectivity index is 1.85. The number of esters is 1. The first-order chi connectivity index (χ1) is 19.3. The smallest absolute Gasteiger partial charge is 0.350 e. The van der Waals surface area contributed by atoms with Crippen molar-refractivity contribution in [3.05, 3.63) is 75.8 Å². The number of Topliss-reactive ketones (excluding diaryl/α,β-unsaturated/α-hetero) is 1.